The standard InChI is InChI=1S/C26H27N3O4S/c1-31-25(30)22-11-13-23(14-12-22)32-15-6-16-33-24-10-5-9-21(17-24)18-28-29-26(27)34-19-20-7-3-2-4-8-20/h2-5,7-14,17-18H,6,15-16,19H2,1H3,(H2,27,29). The van der Waals surface area contributed by atoms with Gasteiger partial charge in [0.2, 0.25) is 0 Å². The predicted octanol–water partition coefficient (Wildman–Crippen LogP) is 4.90. The summed E-state index contributed by atoms with van der Waals surface area (Å²) in [4.78, 5) is 11.4. The fraction of sp³-hybridized carbons (Fsp3) is 0.192. The van der Waals surface area contributed by atoms with E-state index < -0.39 is 0 Å². The van der Waals surface area contributed by atoms with Crippen molar-refractivity contribution in [1.82, 2.24) is 0 Å². The largest absolute Gasteiger partial charge is 0.493 e. The minimum absolute atomic E-state index is 0.371. The number of thioether (sulfide) groups is 1. The molecule has 0 saturated heterocycles. The van der Waals surface area contributed by atoms with Gasteiger partial charge in [-0.3, -0.25) is 0 Å². The van der Waals surface area contributed by atoms with E-state index in [1.807, 2.05) is 54.6 Å². The zero-order valence-electron chi connectivity index (χ0n) is 18.9. The van der Waals surface area contributed by atoms with Crippen molar-refractivity contribution in [1.29, 1.82) is 0 Å². The average molecular weight is 478 g/mol. The molecule has 0 aromatic heterocycles. The van der Waals surface area contributed by atoms with Crippen molar-refractivity contribution in [2.24, 2.45) is 15.9 Å². The second kappa shape index (κ2) is 13.7. The molecule has 3 aromatic rings. The number of methoxy groups -OCH3 is 1. The third-order valence-corrected chi connectivity index (χ3v) is 5.41. The molecule has 0 unspecified atom stereocenters. The number of rotatable bonds is 11. The number of ether oxygens (including phenoxy) is 3. The maximum absolute atomic E-state index is 11.4. The van der Waals surface area contributed by atoms with Crippen molar-refractivity contribution >= 4 is 29.1 Å². The fourth-order valence-corrected chi connectivity index (χ4v) is 3.45. The molecule has 0 saturated carbocycles. The van der Waals surface area contributed by atoms with E-state index in [9.17, 15) is 4.79 Å². The van der Waals surface area contributed by atoms with Gasteiger partial charge in [0, 0.05) is 12.2 Å². The molecule has 8 heteroatoms. The third-order valence-electron chi connectivity index (χ3n) is 4.55. The lowest BCUT2D eigenvalue weighted by atomic mass is 10.2. The number of amidine groups is 1. The van der Waals surface area contributed by atoms with Crippen LogP contribution in [0.1, 0.15) is 27.9 Å². The van der Waals surface area contributed by atoms with E-state index in [0.29, 0.717) is 36.1 Å². The molecule has 0 atom stereocenters. The van der Waals surface area contributed by atoms with Gasteiger partial charge in [-0.25, -0.2) is 4.79 Å². The number of nitrogens with zero attached hydrogens (tertiary/aromatic N) is 2. The summed E-state index contributed by atoms with van der Waals surface area (Å²) in [6, 6.07) is 24.5. The van der Waals surface area contributed by atoms with Gasteiger partial charge in [0.15, 0.2) is 5.17 Å². The number of nitrogens with two attached hydrogens (primary N) is 1. The van der Waals surface area contributed by atoms with E-state index in [-0.39, 0.29) is 5.97 Å². The van der Waals surface area contributed by atoms with Crippen LogP contribution in [0.4, 0.5) is 0 Å². The van der Waals surface area contributed by atoms with Gasteiger partial charge in [-0.2, -0.15) is 5.10 Å². The highest BCUT2D eigenvalue weighted by molar-refractivity contribution is 8.13. The Bertz CT molecular complexity index is 1100. The quantitative estimate of drug-likeness (QED) is 0.139. The first kappa shape index (κ1) is 24.9. The van der Waals surface area contributed by atoms with Gasteiger partial charge in [-0.1, -0.05) is 54.2 Å². The SMILES string of the molecule is COC(=O)c1ccc(OCCCOc2cccc(C=NN=C(N)SCc3ccccc3)c2)cc1. The topological polar surface area (TPSA) is 95.5 Å². The van der Waals surface area contributed by atoms with Crippen LogP contribution in [0, 0.1) is 0 Å². The van der Waals surface area contributed by atoms with Crippen molar-refractivity contribution in [2.45, 2.75) is 12.2 Å². The zero-order chi connectivity index (χ0) is 24.0. The first-order chi connectivity index (χ1) is 16.6. The Hall–Kier alpha value is -3.78. The van der Waals surface area contributed by atoms with Crippen LogP contribution in [-0.2, 0) is 10.5 Å². The molecule has 7 nitrogen and oxygen atoms in total. The van der Waals surface area contributed by atoms with Crippen molar-refractivity contribution in [2.75, 3.05) is 20.3 Å². The fourth-order valence-electron chi connectivity index (χ4n) is 2.84. The Labute approximate surface area is 203 Å². The second-order valence-corrected chi connectivity index (χ2v) is 8.09. The molecule has 0 bridgehead atoms. The molecule has 0 fully saturated rings. The summed E-state index contributed by atoms with van der Waals surface area (Å²) in [5.74, 6) is 1.80. The van der Waals surface area contributed by atoms with Gasteiger partial charge in [-0.05, 0) is 47.5 Å². The molecular formula is C26H27N3O4S. The summed E-state index contributed by atoms with van der Waals surface area (Å²) in [7, 11) is 1.35. The lowest BCUT2D eigenvalue weighted by Crippen LogP contribution is -2.06. The van der Waals surface area contributed by atoms with Crippen LogP contribution in [0.2, 0.25) is 0 Å². The first-order valence-corrected chi connectivity index (χ1v) is 11.7. The summed E-state index contributed by atoms with van der Waals surface area (Å²) in [5.41, 5.74) is 8.45. The number of carbonyl (C=O) groups excluding carboxylic acids is 1. The summed E-state index contributed by atoms with van der Waals surface area (Å²) >= 11 is 1.44. The highest BCUT2D eigenvalue weighted by Gasteiger charge is 2.04. The van der Waals surface area contributed by atoms with Crippen LogP contribution >= 0.6 is 11.8 Å². The average Bonchev–Trinajstić information content (AvgIpc) is 2.88. The molecule has 0 spiro atoms. The highest BCUT2D eigenvalue weighted by Crippen LogP contribution is 2.15. The third kappa shape index (κ3) is 8.63. The maximum Gasteiger partial charge on any atom is 0.337 e. The monoisotopic (exact) mass is 477 g/mol. The Morgan fingerprint density at radius 2 is 1.68 bits per heavy atom. The molecule has 2 N–H and O–H groups in total. The van der Waals surface area contributed by atoms with Gasteiger partial charge in [0.1, 0.15) is 11.5 Å². The summed E-state index contributed by atoms with van der Waals surface area (Å²) in [6.07, 6.45) is 2.35. The van der Waals surface area contributed by atoms with Gasteiger partial charge in [0.25, 0.3) is 0 Å². The van der Waals surface area contributed by atoms with E-state index in [2.05, 4.69) is 14.9 Å². The van der Waals surface area contributed by atoms with E-state index in [1.165, 1.54) is 24.4 Å². The summed E-state index contributed by atoms with van der Waals surface area (Å²) in [5, 5.41) is 8.53. The van der Waals surface area contributed by atoms with E-state index >= 15 is 0 Å². The lowest BCUT2D eigenvalue weighted by molar-refractivity contribution is 0.0600. The molecular weight excluding hydrogens is 450 g/mol. The number of hydrogen-bond acceptors (Lipinski definition) is 7. The molecule has 0 heterocycles. The minimum Gasteiger partial charge on any atom is -0.493 e. The van der Waals surface area contributed by atoms with Crippen LogP contribution in [0.15, 0.2) is 89.1 Å². The van der Waals surface area contributed by atoms with E-state index in [4.69, 9.17) is 15.2 Å². The number of benzene rings is 3. The van der Waals surface area contributed by atoms with Crippen LogP contribution in [0.3, 0.4) is 0 Å². The molecule has 0 aliphatic heterocycles. The van der Waals surface area contributed by atoms with Crippen molar-refractivity contribution in [3.63, 3.8) is 0 Å². The molecule has 34 heavy (non-hydrogen) atoms. The molecule has 0 radical (unpaired) electrons. The van der Waals surface area contributed by atoms with Gasteiger partial charge >= 0.3 is 5.97 Å². The normalized spacial score (nSPS) is 11.4. The van der Waals surface area contributed by atoms with E-state index in [1.54, 1.807) is 30.5 Å². The van der Waals surface area contributed by atoms with Gasteiger partial charge in [0.05, 0.1) is 32.1 Å². The number of hydrogen-bond donors (Lipinski definition) is 1. The number of esters is 1. The van der Waals surface area contributed by atoms with Crippen LogP contribution < -0.4 is 15.2 Å². The van der Waals surface area contributed by atoms with Crippen LogP contribution in [-0.4, -0.2) is 37.7 Å². The molecule has 0 aliphatic rings. The molecule has 3 aromatic carbocycles. The van der Waals surface area contributed by atoms with Gasteiger partial charge < -0.3 is 19.9 Å². The molecule has 176 valence electrons. The zero-order valence-corrected chi connectivity index (χ0v) is 19.7. The lowest BCUT2D eigenvalue weighted by Gasteiger charge is -2.09. The molecule has 0 aliphatic carbocycles. The van der Waals surface area contributed by atoms with Crippen molar-refractivity contribution in [3.05, 3.63) is 95.6 Å². The highest BCUT2D eigenvalue weighted by atomic mass is 32.2. The Balaban J connectivity index is 1.38. The van der Waals surface area contributed by atoms with Crippen molar-refractivity contribution < 1.29 is 19.0 Å². The Morgan fingerprint density at radius 3 is 2.41 bits per heavy atom. The Kier molecular flexibility index (Phi) is 10.0. The van der Waals surface area contributed by atoms with Crippen molar-refractivity contribution in [3.8, 4) is 11.5 Å². The predicted molar refractivity (Wildman–Crippen MR) is 137 cm³/mol. The van der Waals surface area contributed by atoms with Crippen LogP contribution in [0.5, 0.6) is 11.5 Å². The summed E-state index contributed by atoms with van der Waals surface area (Å²) in [6.45, 7) is 0.995. The van der Waals surface area contributed by atoms with E-state index in [0.717, 1.165) is 17.1 Å². The minimum atomic E-state index is -0.371. The van der Waals surface area contributed by atoms with Gasteiger partial charge in [-0.15, -0.1) is 5.10 Å². The first-order valence-electron chi connectivity index (χ1n) is 10.7. The Morgan fingerprint density at radius 1 is 0.941 bits per heavy atom. The summed E-state index contributed by atoms with van der Waals surface area (Å²) < 4.78 is 16.2. The maximum atomic E-state index is 11.4. The van der Waals surface area contributed by atoms with Crippen LogP contribution in [0.25, 0.3) is 0 Å². The second-order valence-electron chi connectivity index (χ2n) is 7.10. The molecule has 3 rings (SSSR count). The smallest absolute Gasteiger partial charge is 0.337 e. The number of carbonyl (C=O) groups is 1. The molecule has 0 amide bonds.